The van der Waals surface area contributed by atoms with E-state index in [9.17, 15) is 0 Å². The van der Waals surface area contributed by atoms with Crippen molar-refractivity contribution in [1.82, 2.24) is 9.97 Å². The summed E-state index contributed by atoms with van der Waals surface area (Å²) in [6.07, 6.45) is 2.86. The van der Waals surface area contributed by atoms with Gasteiger partial charge in [-0.25, -0.2) is 9.97 Å². The molecule has 0 atom stereocenters. The summed E-state index contributed by atoms with van der Waals surface area (Å²) >= 11 is 0. The van der Waals surface area contributed by atoms with E-state index in [4.69, 9.17) is 15.2 Å². The Morgan fingerprint density at radius 3 is 3.09 bits per heavy atom. The first-order valence-electron chi connectivity index (χ1n) is 6.57. The highest BCUT2D eigenvalue weighted by Crippen LogP contribution is 2.32. The van der Waals surface area contributed by atoms with Gasteiger partial charge in [-0.3, -0.25) is 0 Å². The van der Waals surface area contributed by atoms with Crippen LogP contribution in [0.2, 0.25) is 0 Å². The summed E-state index contributed by atoms with van der Waals surface area (Å²) in [6, 6.07) is 5.75. The van der Waals surface area contributed by atoms with E-state index >= 15 is 0 Å². The van der Waals surface area contributed by atoms with Crippen LogP contribution < -0.4 is 20.5 Å². The quantitative estimate of drug-likeness (QED) is 0.635. The summed E-state index contributed by atoms with van der Waals surface area (Å²) in [4.78, 5) is 12.8. The number of nitrogen functional groups attached to an aromatic ring is 1. The van der Waals surface area contributed by atoms with Gasteiger partial charge in [0, 0.05) is 6.54 Å². The molecular formula is C14H15N5O3. The first kappa shape index (κ1) is 13.9. The number of anilines is 2. The maximum absolute atomic E-state index is 5.83. The number of ether oxygens (including phenoxy) is 2. The standard InChI is InChI=1S/C14H15N5O3/c1-20-19-6-10-13(15)17-7-18-14(10)16-5-9-2-3-11-12(4-9)22-8-21-11/h2-4,6-7H,5,8H2,1H3,(H3,15,16,17,18). The van der Waals surface area contributed by atoms with Crippen LogP contribution in [0.15, 0.2) is 29.7 Å². The largest absolute Gasteiger partial charge is 0.454 e. The molecule has 0 saturated heterocycles. The summed E-state index contributed by atoms with van der Waals surface area (Å²) in [6.45, 7) is 0.799. The summed E-state index contributed by atoms with van der Waals surface area (Å²) < 4.78 is 10.6. The number of rotatable bonds is 5. The van der Waals surface area contributed by atoms with Gasteiger partial charge >= 0.3 is 0 Å². The smallest absolute Gasteiger partial charge is 0.231 e. The van der Waals surface area contributed by atoms with Crippen molar-refractivity contribution in [3.63, 3.8) is 0 Å². The van der Waals surface area contributed by atoms with Crippen LogP contribution in [0.3, 0.4) is 0 Å². The Bertz CT molecular complexity index is 705. The van der Waals surface area contributed by atoms with E-state index in [1.54, 1.807) is 0 Å². The first-order chi connectivity index (χ1) is 10.8. The minimum absolute atomic E-state index is 0.256. The number of nitrogens with zero attached hydrogens (tertiary/aromatic N) is 3. The van der Waals surface area contributed by atoms with Crippen molar-refractivity contribution >= 4 is 17.9 Å². The molecule has 3 rings (SSSR count). The van der Waals surface area contributed by atoms with Gasteiger partial charge in [-0.1, -0.05) is 11.2 Å². The Balaban J connectivity index is 1.76. The second-order valence-electron chi connectivity index (χ2n) is 4.48. The molecule has 2 heterocycles. The molecule has 22 heavy (non-hydrogen) atoms. The molecule has 1 aliphatic heterocycles. The number of hydrogen-bond acceptors (Lipinski definition) is 8. The molecule has 0 amide bonds. The number of nitrogens with one attached hydrogen (secondary N) is 1. The molecule has 1 aromatic heterocycles. The zero-order valence-electron chi connectivity index (χ0n) is 11.9. The summed E-state index contributed by atoms with van der Waals surface area (Å²) in [7, 11) is 1.45. The van der Waals surface area contributed by atoms with Crippen LogP contribution in [-0.2, 0) is 11.4 Å². The second kappa shape index (κ2) is 6.17. The molecular weight excluding hydrogens is 286 g/mol. The van der Waals surface area contributed by atoms with Crippen molar-refractivity contribution in [1.29, 1.82) is 0 Å². The molecule has 8 heteroatoms. The summed E-state index contributed by atoms with van der Waals surface area (Å²) in [5.74, 6) is 2.39. The lowest BCUT2D eigenvalue weighted by Crippen LogP contribution is -2.08. The van der Waals surface area contributed by atoms with E-state index < -0.39 is 0 Å². The van der Waals surface area contributed by atoms with Crippen molar-refractivity contribution < 1.29 is 14.3 Å². The lowest BCUT2D eigenvalue weighted by atomic mass is 10.2. The predicted octanol–water partition coefficient (Wildman–Crippen LogP) is 1.38. The van der Waals surface area contributed by atoms with Gasteiger partial charge in [0.15, 0.2) is 11.5 Å². The van der Waals surface area contributed by atoms with Gasteiger partial charge in [-0.05, 0) is 17.7 Å². The fourth-order valence-corrected chi connectivity index (χ4v) is 2.02. The van der Waals surface area contributed by atoms with Crippen LogP contribution in [0.25, 0.3) is 0 Å². The monoisotopic (exact) mass is 301 g/mol. The minimum atomic E-state index is 0.256. The molecule has 0 bridgehead atoms. The molecule has 0 fully saturated rings. The van der Waals surface area contributed by atoms with Gasteiger partial charge in [0.05, 0.1) is 11.8 Å². The third kappa shape index (κ3) is 2.85. The average Bonchev–Trinajstić information content (AvgIpc) is 2.99. The number of aromatic nitrogens is 2. The van der Waals surface area contributed by atoms with Gasteiger partial charge in [0.1, 0.15) is 25.1 Å². The van der Waals surface area contributed by atoms with Gasteiger partial charge in [-0.2, -0.15) is 0 Å². The number of nitrogens with two attached hydrogens (primary N) is 1. The highest BCUT2D eigenvalue weighted by molar-refractivity contribution is 5.91. The predicted molar refractivity (Wildman–Crippen MR) is 80.9 cm³/mol. The van der Waals surface area contributed by atoms with Gasteiger partial charge < -0.3 is 25.4 Å². The Kier molecular flexibility index (Phi) is 3.90. The van der Waals surface area contributed by atoms with Gasteiger partial charge in [0.25, 0.3) is 0 Å². The molecule has 0 radical (unpaired) electrons. The van der Waals surface area contributed by atoms with Crippen LogP contribution in [0, 0.1) is 0 Å². The van der Waals surface area contributed by atoms with Crippen LogP contribution in [0.4, 0.5) is 11.6 Å². The van der Waals surface area contributed by atoms with Crippen molar-refractivity contribution in [2.75, 3.05) is 25.0 Å². The van der Waals surface area contributed by atoms with Crippen molar-refractivity contribution in [2.24, 2.45) is 5.16 Å². The van der Waals surface area contributed by atoms with Crippen molar-refractivity contribution in [3.05, 3.63) is 35.7 Å². The maximum Gasteiger partial charge on any atom is 0.231 e. The van der Waals surface area contributed by atoms with Crippen LogP contribution in [-0.4, -0.2) is 30.1 Å². The van der Waals surface area contributed by atoms with E-state index in [1.165, 1.54) is 19.7 Å². The zero-order chi connectivity index (χ0) is 15.4. The third-order valence-corrected chi connectivity index (χ3v) is 3.10. The molecule has 1 aromatic carbocycles. The summed E-state index contributed by atoms with van der Waals surface area (Å²) in [5.41, 5.74) is 7.43. The Labute approximate surface area is 126 Å². The second-order valence-corrected chi connectivity index (χ2v) is 4.48. The molecule has 0 aliphatic carbocycles. The van der Waals surface area contributed by atoms with Crippen LogP contribution in [0.1, 0.15) is 11.1 Å². The average molecular weight is 301 g/mol. The first-order valence-corrected chi connectivity index (χ1v) is 6.57. The Morgan fingerprint density at radius 1 is 1.36 bits per heavy atom. The van der Waals surface area contributed by atoms with Crippen LogP contribution >= 0.6 is 0 Å². The summed E-state index contributed by atoms with van der Waals surface area (Å²) in [5, 5.41) is 6.90. The molecule has 3 N–H and O–H groups in total. The third-order valence-electron chi connectivity index (χ3n) is 3.10. The number of hydrogen-bond donors (Lipinski definition) is 2. The van der Waals surface area contributed by atoms with Crippen LogP contribution in [0.5, 0.6) is 11.5 Å². The van der Waals surface area contributed by atoms with Gasteiger partial charge in [0.2, 0.25) is 6.79 Å². The molecule has 8 nitrogen and oxygen atoms in total. The lowest BCUT2D eigenvalue weighted by Gasteiger charge is -2.10. The number of benzene rings is 1. The topological polar surface area (TPSA) is 104 Å². The molecule has 114 valence electrons. The molecule has 1 aliphatic rings. The molecule has 0 unspecified atom stereocenters. The number of fused-ring (bicyclic) bond motifs is 1. The molecule has 0 saturated carbocycles. The number of oxime groups is 1. The van der Waals surface area contributed by atoms with Gasteiger partial charge in [-0.15, -0.1) is 0 Å². The van der Waals surface area contributed by atoms with Crippen molar-refractivity contribution in [2.45, 2.75) is 6.54 Å². The van der Waals surface area contributed by atoms with E-state index in [0.29, 0.717) is 23.7 Å². The highest BCUT2D eigenvalue weighted by atomic mass is 16.7. The van der Waals surface area contributed by atoms with Crippen molar-refractivity contribution in [3.8, 4) is 11.5 Å². The molecule has 2 aromatic rings. The lowest BCUT2D eigenvalue weighted by molar-refractivity contribution is 0.174. The maximum atomic E-state index is 5.83. The highest BCUT2D eigenvalue weighted by Gasteiger charge is 2.13. The normalized spacial score (nSPS) is 12.6. The molecule has 0 spiro atoms. The Morgan fingerprint density at radius 2 is 2.23 bits per heavy atom. The fraction of sp³-hybridized carbons (Fsp3) is 0.214. The van der Waals surface area contributed by atoms with E-state index in [1.807, 2.05) is 18.2 Å². The minimum Gasteiger partial charge on any atom is -0.454 e. The van der Waals surface area contributed by atoms with E-state index in [-0.39, 0.29) is 6.79 Å². The fourth-order valence-electron chi connectivity index (χ4n) is 2.02. The SMILES string of the molecule is CON=Cc1c(N)ncnc1NCc1ccc2c(c1)OCO2. The van der Waals surface area contributed by atoms with E-state index in [0.717, 1.165) is 17.1 Å². The zero-order valence-corrected chi connectivity index (χ0v) is 11.9. The Hall–Kier alpha value is -3.03. The van der Waals surface area contributed by atoms with E-state index in [2.05, 4.69) is 25.3 Å².